The zero-order valence-electron chi connectivity index (χ0n) is 8.66. The van der Waals surface area contributed by atoms with E-state index in [0.717, 1.165) is 19.3 Å². The number of ether oxygens (including phenoxy) is 2. The largest absolute Gasteiger partial charge is 0.469 e. The number of methoxy groups -OCH3 is 2. The summed E-state index contributed by atoms with van der Waals surface area (Å²) >= 11 is 0. The molecular weight excluding hydrogens is 180 g/mol. The molecule has 0 saturated heterocycles. The fourth-order valence-corrected chi connectivity index (χ4v) is 2.63. The Labute approximate surface area is 84.1 Å². The molecule has 0 amide bonds. The van der Waals surface area contributed by atoms with Crippen molar-refractivity contribution in [2.75, 3.05) is 14.2 Å². The van der Waals surface area contributed by atoms with Crippen molar-refractivity contribution in [3.63, 3.8) is 0 Å². The lowest BCUT2D eigenvalue weighted by Gasteiger charge is -2.45. The Morgan fingerprint density at radius 2 is 2.29 bits per heavy atom. The molecule has 3 atom stereocenters. The maximum atomic E-state index is 11.6. The van der Waals surface area contributed by atoms with E-state index < -0.39 is 0 Å². The number of carbonyl (C=O) groups is 1. The minimum Gasteiger partial charge on any atom is -0.469 e. The molecule has 2 bridgehead atoms. The van der Waals surface area contributed by atoms with Gasteiger partial charge < -0.3 is 9.47 Å². The Bertz CT molecular complexity index is 272. The SMILES string of the molecule is COC(=O)[C@H]1C[C@@H]2C=C[C@]1(OC)CC2. The average Bonchev–Trinajstić information content (AvgIpc) is 2.29. The summed E-state index contributed by atoms with van der Waals surface area (Å²) in [7, 11) is 3.11. The van der Waals surface area contributed by atoms with Crippen LogP contribution in [0.25, 0.3) is 0 Å². The molecule has 0 aliphatic heterocycles. The highest BCUT2D eigenvalue weighted by Crippen LogP contribution is 2.45. The van der Waals surface area contributed by atoms with Gasteiger partial charge >= 0.3 is 5.97 Å². The van der Waals surface area contributed by atoms with Crippen molar-refractivity contribution in [2.45, 2.75) is 24.9 Å². The quantitative estimate of drug-likeness (QED) is 0.496. The van der Waals surface area contributed by atoms with E-state index in [1.807, 2.05) is 6.08 Å². The second-order valence-electron chi connectivity index (χ2n) is 4.13. The first-order valence-corrected chi connectivity index (χ1v) is 5.04. The van der Waals surface area contributed by atoms with Crippen LogP contribution in [0.15, 0.2) is 12.2 Å². The highest BCUT2D eigenvalue weighted by molar-refractivity contribution is 5.75. The lowest BCUT2D eigenvalue weighted by atomic mass is 9.66. The molecule has 0 radical (unpaired) electrons. The van der Waals surface area contributed by atoms with Crippen molar-refractivity contribution in [2.24, 2.45) is 11.8 Å². The van der Waals surface area contributed by atoms with Crippen LogP contribution in [0.3, 0.4) is 0 Å². The number of esters is 1. The summed E-state index contributed by atoms with van der Waals surface area (Å²) < 4.78 is 10.3. The van der Waals surface area contributed by atoms with Gasteiger partial charge in [0.1, 0.15) is 0 Å². The molecule has 78 valence electrons. The van der Waals surface area contributed by atoms with Gasteiger partial charge in [0, 0.05) is 7.11 Å². The second kappa shape index (κ2) is 3.39. The van der Waals surface area contributed by atoms with Gasteiger partial charge in [0.15, 0.2) is 0 Å². The van der Waals surface area contributed by atoms with Crippen molar-refractivity contribution in [3.8, 4) is 0 Å². The van der Waals surface area contributed by atoms with Gasteiger partial charge in [0.25, 0.3) is 0 Å². The molecule has 0 aromatic carbocycles. The molecule has 3 rings (SSSR count). The Hall–Kier alpha value is -0.830. The lowest BCUT2D eigenvalue weighted by Crippen LogP contribution is -2.49. The lowest BCUT2D eigenvalue weighted by molar-refractivity contribution is -0.160. The van der Waals surface area contributed by atoms with Crippen LogP contribution < -0.4 is 0 Å². The number of fused-ring (bicyclic) bond motifs is 2. The van der Waals surface area contributed by atoms with E-state index in [2.05, 4.69) is 6.08 Å². The van der Waals surface area contributed by atoms with Crippen LogP contribution in [0, 0.1) is 11.8 Å². The Morgan fingerprint density at radius 3 is 2.79 bits per heavy atom. The van der Waals surface area contributed by atoms with Crippen LogP contribution in [0.5, 0.6) is 0 Å². The van der Waals surface area contributed by atoms with E-state index in [4.69, 9.17) is 9.47 Å². The van der Waals surface area contributed by atoms with Gasteiger partial charge in [0.2, 0.25) is 0 Å². The van der Waals surface area contributed by atoms with E-state index in [1.54, 1.807) is 7.11 Å². The summed E-state index contributed by atoms with van der Waals surface area (Å²) in [6.45, 7) is 0. The first kappa shape index (κ1) is 9.71. The first-order valence-electron chi connectivity index (χ1n) is 5.04. The summed E-state index contributed by atoms with van der Waals surface area (Å²) in [4.78, 5) is 11.6. The molecule has 0 aromatic rings. The molecule has 0 unspecified atom stereocenters. The van der Waals surface area contributed by atoms with Crippen LogP contribution in [0.1, 0.15) is 19.3 Å². The predicted octanol–water partition coefficient (Wildman–Crippen LogP) is 1.53. The fourth-order valence-electron chi connectivity index (χ4n) is 2.63. The second-order valence-corrected chi connectivity index (χ2v) is 4.13. The molecule has 0 heterocycles. The minimum absolute atomic E-state index is 0.110. The number of hydrogen-bond acceptors (Lipinski definition) is 3. The summed E-state index contributed by atoms with van der Waals surface area (Å²) in [5.41, 5.74) is -0.387. The maximum Gasteiger partial charge on any atom is 0.311 e. The molecule has 1 saturated carbocycles. The molecule has 0 aromatic heterocycles. The van der Waals surface area contributed by atoms with Gasteiger partial charge in [-0.15, -0.1) is 0 Å². The van der Waals surface area contributed by atoms with E-state index in [9.17, 15) is 4.79 Å². The first-order chi connectivity index (χ1) is 6.72. The molecule has 3 heteroatoms. The third kappa shape index (κ3) is 1.27. The molecule has 3 aliphatic rings. The van der Waals surface area contributed by atoms with Crippen LogP contribution in [-0.2, 0) is 14.3 Å². The Morgan fingerprint density at radius 1 is 1.50 bits per heavy atom. The number of hydrogen-bond donors (Lipinski definition) is 0. The van der Waals surface area contributed by atoms with Gasteiger partial charge in [-0.1, -0.05) is 12.2 Å². The van der Waals surface area contributed by atoms with Crippen LogP contribution in [-0.4, -0.2) is 25.8 Å². The third-order valence-electron chi connectivity index (χ3n) is 3.55. The summed E-state index contributed by atoms with van der Waals surface area (Å²) in [6, 6.07) is 0. The van der Waals surface area contributed by atoms with E-state index in [1.165, 1.54) is 7.11 Å². The van der Waals surface area contributed by atoms with Gasteiger partial charge in [-0.25, -0.2) is 0 Å². The van der Waals surface area contributed by atoms with Crippen LogP contribution in [0.4, 0.5) is 0 Å². The third-order valence-corrected chi connectivity index (χ3v) is 3.55. The molecule has 3 nitrogen and oxygen atoms in total. The van der Waals surface area contributed by atoms with Crippen molar-refractivity contribution in [1.29, 1.82) is 0 Å². The van der Waals surface area contributed by atoms with Gasteiger partial charge in [0.05, 0.1) is 18.6 Å². The smallest absolute Gasteiger partial charge is 0.311 e. The maximum absolute atomic E-state index is 11.6. The van der Waals surface area contributed by atoms with Crippen molar-refractivity contribution in [3.05, 3.63) is 12.2 Å². The number of rotatable bonds is 2. The van der Waals surface area contributed by atoms with Gasteiger partial charge in [-0.2, -0.15) is 0 Å². The minimum atomic E-state index is -0.387. The normalized spacial score (nSPS) is 39.9. The molecule has 1 fully saturated rings. The molecule has 0 N–H and O–H groups in total. The molecule has 0 spiro atoms. The predicted molar refractivity (Wildman–Crippen MR) is 51.7 cm³/mol. The van der Waals surface area contributed by atoms with Crippen molar-refractivity contribution >= 4 is 5.97 Å². The summed E-state index contributed by atoms with van der Waals surface area (Å²) in [6.07, 6.45) is 7.15. The number of allylic oxidation sites excluding steroid dienone is 1. The zero-order chi connectivity index (χ0) is 10.2. The Kier molecular flexibility index (Phi) is 2.35. The fraction of sp³-hybridized carbons (Fsp3) is 0.727. The monoisotopic (exact) mass is 196 g/mol. The zero-order valence-corrected chi connectivity index (χ0v) is 8.66. The average molecular weight is 196 g/mol. The molecule has 14 heavy (non-hydrogen) atoms. The van der Waals surface area contributed by atoms with Gasteiger partial charge in [-0.3, -0.25) is 4.79 Å². The van der Waals surface area contributed by atoms with E-state index in [-0.39, 0.29) is 17.5 Å². The van der Waals surface area contributed by atoms with Crippen molar-refractivity contribution < 1.29 is 14.3 Å². The molecular formula is C11H16O3. The number of carbonyl (C=O) groups excluding carboxylic acids is 1. The highest BCUT2D eigenvalue weighted by Gasteiger charge is 2.49. The van der Waals surface area contributed by atoms with E-state index in [0.29, 0.717) is 5.92 Å². The summed E-state index contributed by atoms with van der Waals surface area (Å²) in [5, 5.41) is 0. The molecule has 3 aliphatic carbocycles. The van der Waals surface area contributed by atoms with Gasteiger partial charge in [-0.05, 0) is 25.2 Å². The van der Waals surface area contributed by atoms with E-state index >= 15 is 0 Å². The summed E-state index contributed by atoms with van der Waals surface area (Å²) in [5.74, 6) is 0.290. The van der Waals surface area contributed by atoms with Crippen LogP contribution in [0.2, 0.25) is 0 Å². The standard InChI is InChI=1S/C11H16O3/c1-13-10(12)9-7-8-3-5-11(9,14-2)6-4-8/h3,5,8-9H,4,6-7H2,1-2H3/t8-,9-,11+/m1/s1. The van der Waals surface area contributed by atoms with Crippen LogP contribution >= 0.6 is 0 Å². The topological polar surface area (TPSA) is 35.5 Å². The highest BCUT2D eigenvalue weighted by atomic mass is 16.5. The Balaban J connectivity index is 2.27. The van der Waals surface area contributed by atoms with Crippen molar-refractivity contribution in [1.82, 2.24) is 0 Å².